The summed E-state index contributed by atoms with van der Waals surface area (Å²) in [5.41, 5.74) is 1.57. The zero-order valence-electron chi connectivity index (χ0n) is 24.0. The summed E-state index contributed by atoms with van der Waals surface area (Å²) in [6.45, 7) is 6.72. The van der Waals surface area contributed by atoms with Crippen LogP contribution in [-0.2, 0) is 16.6 Å². The molecule has 6 rings (SSSR count). The predicted molar refractivity (Wildman–Crippen MR) is 154 cm³/mol. The molecule has 0 radical (unpaired) electrons. The van der Waals surface area contributed by atoms with Gasteiger partial charge in [-0.25, -0.2) is 0 Å². The standard InChI is InChI=1S/2C12H9F3N.2C5H5.Ti/c2*1-6-3-9(7(2)16-6)12-10(14)4-8(13)5-11(12)15;2*1-2-4-5-3-1;/h2*3-4,16H,1-2H3;2*1-3H,4H2;. The molecule has 0 atom stereocenters. The number of allylic oxidation sites excluding steroid dienone is 8. The Morgan fingerprint density at radius 2 is 0.953 bits per heavy atom. The molecule has 0 spiro atoms. The number of aryl methyl sites for hydroxylation is 4. The third kappa shape index (κ3) is 4.45. The number of H-pyrrole nitrogens is 2. The van der Waals surface area contributed by atoms with Crippen molar-refractivity contribution < 1.29 is 42.9 Å². The Labute approximate surface area is 248 Å². The van der Waals surface area contributed by atoms with Crippen molar-refractivity contribution in [1.29, 1.82) is 0 Å². The van der Waals surface area contributed by atoms with Crippen LogP contribution in [0.3, 0.4) is 0 Å². The molecule has 220 valence electrons. The number of nitrogens with one attached hydrogen (secondary N) is 2. The molecule has 2 heterocycles. The predicted octanol–water partition coefficient (Wildman–Crippen LogP) is 8.54. The van der Waals surface area contributed by atoms with E-state index in [4.69, 9.17) is 0 Å². The summed E-state index contributed by atoms with van der Waals surface area (Å²) < 4.78 is 97.9. The fraction of sp³-hybridized carbons (Fsp3) is 0.176. The number of aromatic amines is 2. The number of hydrogen-bond donors (Lipinski definition) is 2. The summed E-state index contributed by atoms with van der Waals surface area (Å²) in [5.74, 6) is -7.15. The normalized spacial score (nSPS) is 14.7. The Balaban J connectivity index is 1.80. The molecular formula is C34H28F6N2Ti. The molecule has 0 saturated heterocycles. The van der Waals surface area contributed by atoms with Crippen molar-refractivity contribution in [3.8, 4) is 22.3 Å². The van der Waals surface area contributed by atoms with Gasteiger partial charge in [0.25, 0.3) is 0 Å². The minimum absolute atomic E-state index is 0.180. The van der Waals surface area contributed by atoms with E-state index in [9.17, 15) is 0 Å². The Bertz CT molecular complexity index is 1800. The van der Waals surface area contributed by atoms with Gasteiger partial charge < -0.3 is 0 Å². The molecular weight excluding hydrogens is 598 g/mol. The van der Waals surface area contributed by atoms with Gasteiger partial charge in [0.05, 0.1) is 0 Å². The Kier molecular flexibility index (Phi) is 7.34. The van der Waals surface area contributed by atoms with Gasteiger partial charge in [0.2, 0.25) is 0 Å². The molecule has 2 aromatic carbocycles. The van der Waals surface area contributed by atoms with Crippen LogP contribution in [0.5, 0.6) is 0 Å². The number of aromatic nitrogens is 2. The average Bonchev–Trinajstić information content (AvgIpc) is 3.73. The third-order valence-corrected chi connectivity index (χ3v) is 16.4. The first-order valence-electron chi connectivity index (χ1n) is 13.9. The van der Waals surface area contributed by atoms with Gasteiger partial charge in [-0.2, -0.15) is 0 Å². The monoisotopic (exact) mass is 626 g/mol. The van der Waals surface area contributed by atoms with Gasteiger partial charge in [0.15, 0.2) is 0 Å². The molecule has 0 bridgehead atoms. The van der Waals surface area contributed by atoms with E-state index < -0.39 is 70.4 Å². The third-order valence-electron chi connectivity index (χ3n) is 8.43. The van der Waals surface area contributed by atoms with E-state index in [0.717, 1.165) is 0 Å². The van der Waals surface area contributed by atoms with Crippen molar-refractivity contribution in [2.45, 2.75) is 40.5 Å². The van der Waals surface area contributed by atoms with Crippen LogP contribution in [-0.4, -0.2) is 9.97 Å². The van der Waals surface area contributed by atoms with E-state index in [-0.39, 0.29) is 24.0 Å². The van der Waals surface area contributed by atoms with Crippen molar-refractivity contribution in [3.05, 3.63) is 126 Å². The SMILES string of the molecule is Cc1cc(-c2c(F)cc(F)[c]([Ti]([C]3=CC=CC3)([C]3=CC=CC3)[c]3c(F)cc(F)c(-c4cc(C)[nH]c4C)c3F)c2F)c(C)[nH]1. The maximum absolute atomic E-state index is 17.1. The van der Waals surface area contributed by atoms with Crippen LogP contribution < -0.4 is 7.74 Å². The molecule has 2 N–H and O–H groups in total. The Hall–Kier alpha value is -3.75. The van der Waals surface area contributed by atoms with E-state index >= 15 is 26.3 Å². The maximum atomic E-state index is 17.1. The molecule has 43 heavy (non-hydrogen) atoms. The molecule has 2 aliphatic carbocycles. The van der Waals surface area contributed by atoms with Crippen LogP contribution in [0.15, 0.2) is 68.5 Å². The molecule has 0 amide bonds. The number of halogens is 6. The molecule has 2 aliphatic rings. The zero-order chi connectivity index (χ0) is 30.8. The van der Waals surface area contributed by atoms with Crippen molar-refractivity contribution in [1.82, 2.24) is 9.97 Å². The van der Waals surface area contributed by atoms with E-state index in [0.29, 0.717) is 42.7 Å². The summed E-state index contributed by atoms with van der Waals surface area (Å²) in [5, 5.41) is 0. The second-order valence-corrected chi connectivity index (χ2v) is 17.1. The van der Waals surface area contributed by atoms with Crippen molar-refractivity contribution in [2.75, 3.05) is 0 Å². The second kappa shape index (κ2) is 10.8. The van der Waals surface area contributed by atoms with Gasteiger partial charge in [0.1, 0.15) is 0 Å². The fourth-order valence-electron chi connectivity index (χ4n) is 6.75. The van der Waals surface area contributed by atoms with Gasteiger partial charge in [-0.1, -0.05) is 0 Å². The average molecular weight is 626 g/mol. The van der Waals surface area contributed by atoms with Crippen molar-refractivity contribution in [3.63, 3.8) is 0 Å². The van der Waals surface area contributed by atoms with Crippen LogP contribution in [0, 0.1) is 62.6 Å². The van der Waals surface area contributed by atoms with E-state index in [1.807, 2.05) is 0 Å². The summed E-state index contributed by atoms with van der Waals surface area (Å²) in [4.78, 5) is 6.03. The van der Waals surface area contributed by atoms with Crippen LogP contribution >= 0.6 is 0 Å². The quantitative estimate of drug-likeness (QED) is 0.159. The van der Waals surface area contributed by atoms with Crippen molar-refractivity contribution >= 4 is 7.74 Å². The summed E-state index contributed by atoms with van der Waals surface area (Å²) >= 11 is -5.31. The van der Waals surface area contributed by atoms with Crippen molar-refractivity contribution in [2.24, 2.45) is 0 Å². The van der Waals surface area contributed by atoms with Crippen LogP contribution in [0.2, 0.25) is 0 Å². The second-order valence-electron chi connectivity index (χ2n) is 11.2. The number of hydrogen-bond acceptors (Lipinski definition) is 0. The van der Waals surface area contributed by atoms with E-state index in [1.165, 1.54) is 0 Å². The topological polar surface area (TPSA) is 31.6 Å². The van der Waals surface area contributed by atoms with Crippen LogP contribution in [0.4, 0.5) is 26.3 Å². The van der Waals surface area contributed by atoms with Gasteiger partial charge in [-0.3, -0.25) is 0 Å². The first-order valence-corrected chi connectivity index (χ1v) is 17.0. The molecule has 2 nitrogen and oxygen atoms in total. The summed E-state index contributed by atoms with van der Waals surface area (Å²) in [7, 11) is 0. The fourth-order valence-corrected chi connectivity index (χ4v) is 15.0. The zero-order valence-corrected chi connectivity index (χ0v) is 25.5. The van der Waals surface area contributed by atoms with Gasteiger partial charge in [0, 0.05) is 0 Å². The molecule has 0 fully saturated rings. The molecule has 0 unspecified atom stereocenters. The molecule has 0 aliphatic heterocycles. The van der Waals surface area contributed by atoms with E-state index in [1.54, 1.807) is 76.3 Å². The molecule has 9 heteroatoms. The van der Waals surface area contributed by atoms with Gasteiger partial charge in [-0.15, -0.1) is 0 Å². The summed E-state index contributed by atoms with van der Waals surface area (Å²) in [6, 6.07) is 4.30. The Morgan fingerprint density at radius 3 is 1.26 bits per heavy atom. The van der Waals surface area contributed by atoms with Gasteiger partial charge in [-0.05, 0) is 0 Å². The first-order chi connectivity index (χ1) is 20.5. The van der Waals surface area contributed by atoms with Crippen LogP contribution in [0.1, 0.15) is 35.6 Å². The van der Waals surface area contributed by atoms with Gasteiger partial charge >= 0.3 is 250 Å². The first kappa shape index (κ1) is 29.3. The Morgan fingerprint density at radius 1 is 0.558 bits per heavy atom. The number of benzene rings is 2. The van der Waals surface area contributed by atoms with E-state index in [2.05, 4.69) is 9.97 Å². The van der Waals surface area contributed by atoms with Crippen LogP contribution in [0.25, 0.3) is 22.3 Å². The number of rotatable bonds is 6. The molecule has 0 saturated carbocycles. The summed E-state index contributed by atoms with van der Waals surface area (Å²) in [6.07, 6.45) is 10.5. The molecule has 4 aromatic rings. The minimum atomic E-state index is -5.31. The molecule has 2 aromatic heterocycles.